The highest BCUT2D eigenvalue weighted by atomic mass is 127. The van der Waals surface area contributed by atoms with E-state index in [4.69, 9.17) is 4.74 Å². The maximum Gasteiger partial charge on any atom is 0.329 e. The number of phenolic OH excluding ortho intramolecular Hbond substituents is 1. The summed E-state index contributed by atoms with van der Waals surface area (Å²) in [4.78, 5) is 28.1. The SMILES string of the molecule is CO[C@H](C)[C@@H](C(=O)Nc1ccc(I)cc1F)n1c(O)c(-c2ccc(O)cc2)[nH]c1=O. The van der Waals surface area contributed by atoms with E-state index >= 15 is 0 Å². The number of phenols is 1. The van der Waals surface area contributed by atoms with Crippen LogP contribution in [0.15, 0.2) is 47.3 Å². The number of aromatic hydroxyl groups is 2. The standard InChI is InChI=1S/C20H19FIN3O5/c1-10(30-2)17(18(27)23-15-8-5-12(22)9-14(15)21)25-19(28)16(24-20(25)29)11-3-6-13(26)7-4-11/h3-10,17,26,28H,1-2H3,(H,23,27)(H,24,29)/t10-,17+/m1/s1. The average molecular weight is 527 g/mol. The Morgan fingerprint density at radius 2 is 1.90 bits per heavy atom. The Morgan fingerprint density at radius 3 is 2.50 bits per heavy atom. The Labute approximate surface area is 184 Å². The summed E-state index contributed by atoms with van der Waals surface area (Å²) in [7, 11) is 1.35. The highest BCUT2D eigenvalue weighted by Gasteiger charge is 2.33. The lowest BCUT2D eigenvalue weighted by Crippen LogP contribution is -2.39. The number of aromatic amines is 1. The zero-order chi connectivity index (χ0) is 22.0. The first-order valence-corrected chi connectivity index (χ1v) is 9.92. The molecule has 0 radical (unpaired) electrons. The van der Waals surface area contributed by atoms with Crippen molar-refractivity contribution in [3.63, 3.8) is 0 Å². The van der Waals surface area contributed by atoms with Crippen LogP contribution >= 0.6 is 22.6 Å². The van der Waals surface area contributed by atoms with E-state index in [0.717, 1.165) is 4.57 Å². The molecule has 158 valence electrons. The van der Waals surface area contributed by atoms with Crippen LogP contribution in [0.3, 0.4) is 0 Å². The number of anilines is 1. The number of hydrogen-bond acceptors (Lipinski definition) is 5. The molecule has 2 aromatic carbocycles. The Bertz CT molecular complexity index is 1130. The molecule has 4 N–H and O–H groups in total. The van der Waals surface area contributed by atoms with Gasteiger partial charge in [-0.25, -0.2) is 13.8 Å². The first-order valence-electron chi connectivity index (χ1n) is 8.84. The van der Waals surface area contributed by atoms with Gasteiger partial charge in [0.1, 0.15) is 23.3 Å². The maximum absolute atomic E-state index is 14.2. The van der Waals surface area contributed by atoms with Gasteiger partial charge in [-0.15, -0.1) is 0 Å². The number of H-pyrrole nitrogens is 1. The normalized spacial score (nSPS) is 13.1. The average Bonchev–Trinajstić information content (AvgIpc) is 2.99. The van der Waals surface area contributed by atoms with E-state index in [1.54, 1.807) is 13.0 Å². The van der Waals surface area contributed by atoms with E-state index in [2.05, 4.69) is 10.3 Å². The summed E-state index contributed by atoms with van der Waals surface area (Å²) in [5.74, 6) is -1.84. The number of imidazole rings is 1. The van der Waals surface area contributed by atoms with Gasteiger partial charge in [-0.1, -0.05) is 0 Å². The molecular formula is C20H19FIN3O5. The van der Waals surface area contributed by atoms with Gasteiger partial charge < -0.3 is 25.3 Å². The van der Waals surface area contributed by atoms with Crippen molar-refractivity contribution >= 4 is 34.2 Å². The lowest BCUT2D eigenvalue weighted by Gasteiger charge is -2.23. The number of nitrogens with one attached hydrogen (secondary N) is 2. The molecule has 0 aliphatic heterocycles. The van der Waals surface area contributed by atoms with Crippen LogP contribution in [0.25, 0.3) is 11.3 Å². The largest absolute Gasteiger partial charge is 0.508 e. The van der Waals surface area contributed by atoms with Crippen LogP contribution in [-0.4, -0.2) is 38.9 Å². The van der Waals surface area contributed by atoms with Gasteiger partial charge >= 0.3 is 5.69 Å². The topological polar surface area (TPSA) is 117 Å². The summed E-state index contributed by atoms with van der Waals surface area (Å²) in [6.07, 6.45) is -0.830. The van der Waals surface area contributed by atoms with E-state index in [1.165, 1.54) is 43.5 Å². The number of benzene rings is 2. The number of hydrogen-bond donors (Lipinski definition) is 4. The van der Waals surface area contributed by atoms with Crippen molar-refractivity contribution in [3.05, 3.63) is 62.3 Å². The Hall–Kier alpha value is -2.86. The summed E-state index contributed by atoms with van der Waals surface area (Å²) < 4.78 is 20.9. The number of nitrogens with zero attached hydrogens (tertiary/aromatic N) is 1. The first-order chi connectivity index (χ1) is 14.2. The predicted molar refractivity (Wildman–Crippen MR) is 117 cm³/mol. The fourth-order valence-electron chi connectivity index (χ4n) is 2.99. The van der Waals surface area contributed by atoms with Gasteiger partial charge in [0.25, 0.3) is 5.91 Å². The molecule has 10 heteroatoms. The third-order valence-corrected chi connectivity index (χ3v) is 5.28. The van der Waals surface area contributed by atoms with Crippen LogP contribution in [0.1, 0.15) is 13.0 Å². The lowest BCUT2D eigenvalue weighted by molar-refractivity contribution is -0.123. The third-order valence-electron chi connectivity index (χ3n) is 4.61. The third kappa shape index (κ3) is 4.33. The zero-order valence-electron chi connectivity index (χ0n) is 16.0. The molecule has 0 bridgehead atoms. The number of ether oxygens (including phenoxy) is 1. The van der Waals surface area contributed by atoms with E-state index in [1.807, 2.05) is 22.6 Å². The van der Waals surface area contributed by atoms with Gasteiger partial charge in [-0.05, 0) is 72.0 Å². The summed E-state index contributed by atoms with van der Waals surface area (Å²) in [5.41, 5.74) is -0.311. The van der Waals surface area contributed by atoms with Crippen molar-refractivity contribution in [2.24, 2.45) is 0 Å². The van der Waals surface area contributed by atoms with Crippen LogP contribution in [0.2, 0.25) is 0 Å². The van der Waals surface area contributed by atoms with Gasteiger partial charge in [-0.2, -0.15) is 0 Å². The highest BCUT2D eigenvalue weighted by molar-refractivity contribution is 14.1. The summed E-state index contributed by atoms with van der Waals surface area (Å²) in [6, 6.07) is 8.79. The number of carbonyl (C=O) groups is 1. The van der Waals surface area contributed by atoms with Gasteiger partial charge in [0.15, 0.2) is 0 Å². The summed E-state index contributed by atoms with van der Waals surface area (Å²) >= 11 is 1.94. The molecule has 0 unspecified atom stereocenters. The fraction of sp³-hybridized carbons (Fsp3) is 0.200. The van der Waals surface area contributed by atoms with E-state index in [-0.39, 0.29) is 17.1 Å². The molecule has 8 nitrogen and oxygen atoms in total. The Balaban J connectivity index is 2.03. The molecule has 0 aliphatic carbocycles. The quantitative estimate of drug-likeness (QED) is 0.368. The number of aromatic nitrogens is 2. The zero-order valence-corrected chi connectivity index (χ0v) is 18.2. The smallest absolute Gasteiger partial charge is 0.329 e. The number of carbonyl (C=O) groups excluding carboxylic acids is 1. The van der Waals surface area contributed by atoms with Gasteiger partial charge in [0.2, 0.25) is 5.88 Å². The van der Waals surface area contributed by atoms with Crippen LogP contribution in [0.5, 0.6) is 11.6 Å². The lowest BCUT2D eigenvalue weighted by atomic mass is 10.1. The van der Waals surface area contributed by atoms with Crippen molar-refractivity contribution in [1.82, 2.24) is 9.55 Å². The molecule has 2 atom stereocenters. The second-order valence-electron chi connectivity index (χ2n) is 6.54. The molecule has 0 saturated heterocycles. The molecule has 1 heterocycles. The van der Waals surface area contributed by atoms with E-state index < -0.39 is 35.4 Å². The van der Waals surface area contributed by atoms with Gasteiger partial charge in [0.05, 0.1) is 11.8 Å². The molecule has 30 heavy (non-hydrogen) atoms. The van der Waals surface area contributed by atoms with Crippen LogP contribution in [-0.2, 0) is 9.53 Å². The predicted octanol–water partition coefficient (Wildman–Crippen LogP) is 3.21. The number of amides is 1. The van der Waals surface area contributed by atoms with Gasteiger partial charge in [-0.3, -0.25) is 4.79 Å². The molecular weight excluding hydrogens is 508 g/mol. The van der Waals surface area contributed by atoms with Crippen molar-refractivity contribution in [2.75, 3.05) is 12.4 Å². The second kappa shape index (κ2) is 8.88. The minimum atomic E-state index is -1.29. The molecule has 0 spiro atoms. The van der Waals surface area contributed by atoms with Crippen molar-refractivity contribution in [2.45, 2.75) is 19.1 Å². The molecule has 0 aliphatic rings. The summed E-state index contributed by atoms with van der Waals surface area (Å²) in [6.45, 7) is 1.55. The molecule has 1 aromatic heterocycles. The minimum absolute atomic E-state index is 0.0184. The van der Waals surface area contributed by atoms with Gasteiger partial charge in [0, 0.05) is 16.2 Å². The minimum Gasteiger partial charge on any atom is -0.508 e. The Morgan fingerprint density at radius 1 is 1.23 bits per heavy atom. The van der Waals surface area contributed by atoms with Crippen molar-refractivity contribution in [3.8, 4) is 22.9 Å². The number of halogens is 2. The number of rotatable bonds is 6. The number of methoxy groups -OCH3 is 1. The second-order valence-corrected chi connectivity index (χ2v) is 7.79. The first kappa shape index (κ1) is 21.8. The van der Waals surface area contributed by atoms with Crippen molar-refractivity contribution in [1.29, 1.82) is 0 Å². The molecule has 0 saturated carbocycles. The fourth-order valence-corrected chi connectivity index (χ4v) is 3.45. The monoisotopic (exact) mass is 527 g/mol. The Kier molecular flexibility index (Phi) is 6.46. The van der Waals surface area contributed by atoms with Crippen LogP contribution < -0.4 is 11.0 Å². The maximum atomic E-state index is 14.2. The van der Waals surface area contributed by atoms with Crippen LogP contribution in [0.4, 0.5) is 10.1 Å². The highest BCUT2D eigenvalue weighted by Crippen LogP contribution is 2.31. The molecule has 0 fully saturated rings. The van der Waals surface area contributed by atoms with E-state index in [0.29, 0.717) is 9.13 Å². The molecule has 1 amide bonds. The van der Waals surface area contributed by atoms with Crippen LogP contribution in [0, 0.1) is 9.39 Å². The summed E-state index contributed by atoms with van der Waals surface area (Å²) in [5, 5.41) is 22.6. The molecule has 3 aromatic rings. The molecule has 3 rings (SSSR count). The van der Waals surface area contributed by atoms with E-state index in [9.17, 15) is 24.2 Å². The van der Waals surface area contributed by atoms with Crippen molar-refractivity contribution < 1.29 is 24.1 Å².